The van der Waals surface area contributed by atoms with Crippen LogP contribution in [0.25, 0.3) is 11.0 Å². The molecule has 2 saturated heterocycles. The van der Waals surface area contributed by atoms with Gasteiger partial charge in [-0.15, -0.1) is 0 Å². The third-order valence-electron chi connectivity index (χ3n) is 6.99. The van der Waals surface area contributed by atoms with E-state index >= 15 is 0 Å². The number of sulfonamides is 1. The zero-order valence-electron chi connectivity index (χ0n) is 19.4. The van der Waals surface area contributed by atoms with Crippen LogP contribution in [0.2, 0.25) is 0 Å². The summed E-state index contributed by atoms with van der Waals surface area (Å²) in [4.78, 5) is 23.0. The number of amides is 1. The van der Waals surface area contributed by atoms with Crippen molar-refractivity contribution in [2.75, 3.05) is 39.4 Å². The van der Waals surface area contributed by atoms with Crippen LogP contribution in [-0.4, -0.2) is 72.9 Å². The summed E-state index contributed by atoms with van der Waals surface area (Å²) in [7, 11) is -3.68. The number of likely N-dealkylation sites (tertiary alicyclic amines) is 1. The van der Waals surface area contributed by atoms with E-state index in [-0.39, 0.29) is 10.8 Å². The topological polar surface area (TPSA) is 95.6 Å². The summed E-state index contributed by atoms with van der Waals surface area (Å²) in [6.45, 7) is 4.65. The molecule has 0 aliphatic carbocycles. The molecule has 1 aromatic carbocycles. The minimum atomic E-state index is -3.68. The molecule has 0 spiro atoms. The number of fused-ring (bicyclic) bond motifs is 1. The van der Waals surface area contributed by atoms with E-state index < -0.39 is 10.0 Å². The summed E-state index contributed by atoms with van der Waals surface area (Å²) < 4.78 is 33.4. The summed E-state index contributed by atoms with van der Waals surface area (Å²) in [5.41, 5.74) is 3.30. The molecular formula is C25H30N4O4S. The molecule has 0 bridgehead atoms. The Hall–Kier alpha value is -2.75. The van der Waals surface area contributed by atoms with Crippen molar-refractivity contribution in [1.82, 2.24) is 19.2 Å². The van der Waals surface area contributed by atoms with Crippen LogP contribution in [0.3, 0.4) is 0 Å². The van der Waals surface area contributed by atoms with Gasteiger partial charge in [-0.25, -0.2) is 13.4 Å². The lowest BCUT2D eigenvalue weighted by atomic mass is 9.89. The van der Waals surface area contributed by atoms with E-state index in [0.29, 0.717) is 57.3 Å². The predicted octanol–water partition coefficient (Wildman–Crippen LogP) is 3.17. The molecule has 2 fully saturated rings. The first-order valence-corrected chi connectivity index (χ1v) is 13.3. The highest BCUT2D eigenvalue weighted by Crippen LogP contribution is 2.33. The highest BCUT2D eigenvalue weighted by atomic mass is 32.2. The molecule has 34 heavy (non-hydrogen) atoms. The van der Waals surface area contributed by atoms with Crippen molar-refractivity contribution in [3.05, 3.63) is 59.4 Å². The number of morpholine rings is 1. The van der Waals surface area contributed by atoms with Crippen LogP contribution < -0.4 is 0 Å². The Morgan fingerprint density at radius 2 is 1.91 bits per heavy atom. The number of hydrogen-bond acceptors (Lipinski definition) is 5. The van der Waals surface area contributed by atoms with Crippen LogP contribution in [0, 0.1) is 0 Å². The lowest BCUT2D eigenvalue weighted by molar-refractivity contribution is 0.0712. The van der Waals surface area contributed by atoms with E-state index in [9.17, 15) is 13.2 Å². The minimum Gasteiger partial charge on any atom is -0.379 e. The summed E-state index contributed by atoms with van der Waals surface area (Å²) in [5.74, 6) is 0.252. The van der Waals surface area contributed by atoms with Crippen molar-refractivity contribution in [3.63, 3.8) is 0 Å². The van der Waals surface area contributed by atoms with Gasteiger partial charge in [0.2, 0.25) is 10.0 Å². The third-order valence-corrected chi connectivity index (χ3v) is 8.97. The molecule has 0 atom stereocenters. The van der Waals surface area contributed by atoms with Crippen molar-refractivity contribution >= 4 is 27.0 Å². The summed E-state index contributed by atoms with van der Waals surface area (Å²) >= 11 is 0. The first-order valence-electron chi connectivity index (χ1n) is 11.9. The largest absolute Gasteiger partial charge is 0.379 e. The van der Waals surface area contributed by atoms with Crippen LogP contribution >= 0.6 is 0 Å². The van der Waals surface area contributed by atoms with E-state index in [1.54, 1.807) is 24.4 Å². The SMILES string of the molecule is CCc1ccc(C(=O)N2CCC(c3c[nH]c4ncccc34)CC2)cc1S(=O)(=O)N1CCOCC1. The highest BCUT2D eigenvalue weighted by Gasteiger charge is 2.31. The first kappa shape index (κ1) is 23.0. The average Bonchev–Trinajstić information content (AvgIpc) is 3.33. The van der Waals surface area contributed by atoms with Gasteiger partial charge in [-0.3, -0.25) is 4.79 Å². The van der Waals surface area contributed by atoms with E-state index in [0.717, 1.165) is 29.4 Å². The smallest absolute Gasteiger partial charge is 0.253 e. The Labute approximate surface area is 200 Å². The lowest BCUT2D eigenvalue weighted by Crippen LogP contribution is -2.41. The van der Waals surface area contributed by atoms with E-state index in [1.807, 2.05) is 24.1 Å². The Balaban J connectivity index is 1.33. The number of piperidine rings is 1. The van der Waals surface area contributed by atoms with Crippen LogP contribution in [0.4, 0.5) is 0 Å². The fourth-order valence-corrected chi connectivity index (χ4v) is 6.76. The molecular weight excluding hydrogens is 452 g/mol. The summed E-state index contributed by atoms with van der Waals surface area (Å²) in [6, 6.07) is 9.14. The Kier molecular flexibility index (Phi) is 6.42. The van der Waals surface area contributed by atoms with Gasteiger partial charge in [-0.05, 0) is 60.6 Å². The predicted molar refractivity (Wildman–Crippen MR) is 129 cm³/mol. The van der Waals surface area contributed by atoms with Gasteiger partial charge in [0.05, 0.1) is 18.1 Å². The monoisotopic (exact) mass is 482 g/mol. The van der Waals surface area contributed by atoms with Crippen LogP contribution in [0.15, 0.2) is 47.6 Å². The number of hydrogen-bond donors (Lipinski definition) is 1. The molecule has 0 saturated carbocycles. The van der Waals surface area contributed by atoms with Crippen molar-refractivity contribution in [2.45, 2.75) is 37.0 Å². The summed E-state index contributed by atoms with van der Waals surface area (Å²) in [5, 5.41) is 1.14. The number of H-pyrrole nitrogens is 1. The molecule has 3 aromatic rings. The van der Waals surface area contributed by atoms with Gasteiger partial charge < -0.3 is 14.6 Å². The van der Waals surface area contributed by atoms with Crippen molar-refractivity contribution < 1.29 is 17.9 Å². The lowest BCUT2D eigenvalue weighted by Gasteiger charge is -2.32. The van der Waals surface area contributed by atoms with Gasteiger partial charge in [-0.1, -0.05) is 13.0 Å². The third kappa shape index (κ3) is 4.23. The number of rotatable bonds is 5. The van der Waals surface area contributed by atoms with Gasteiger partial charge in [0.1, 0.15) is 5.65 Å². The molecule has 9 heteroatoms. The number of aryl methyl sites for hydroxylation is 1. The van der Waals surface area contributed by atoms with Crippen LogP contribution in [-0.2, 0) is 21.2 Å². The number of carbonyl (C=O) groups excluding carboxylic acids is 1. The second-order valence-electron chi connectivity index (χ2n) is 8.90. The number of ether oxygens (including phenoxy) is 1. The quantitative estimate of drug-likeness (QED) is 0.603. The Morgan fingerprint density at radius 3 is 2.65 bits per heavy atom. The van der Waals surface area contributed by atoms with Gasteiger partial charge in [0.15, 0.2) is 0 Å². The number of nitrogens with zero attached hydrogens (tertiary/aromatic N) is 3. The molecule has 180 valence electrons. The molecule has 1 N–H and O–H groups in total. The average molecular weight is 483 g/mol. The van der Waals surface area contributed by atoms with Gasteiger partial charge in [0.25, 0.3) is 5.91 Å². The second kappa shape index (κ2) is 9.48. The van der Waals surface area contributed by atoms with E-state index in [1.165, 1.54) is 9.87 Å². The normalized spacial score (nSPS) is 18.4. The van der Waals surface area contributed by atoms with E-state index in [2.05, 4.69) is 16.0 Å². The number of carbonyl (C=O) groups is 1. The molecule has 0 radical (unpaired) electrons. The fourth-order valence-electron chi connectivity index (χ4n) is 5.04. The molecule has 2 aliphatic rings. The number of benzene rings is 1. The molecule has 1 amide bonds. The van der Waals surface area contributed by atoms with Crippen LogP contribution in [0.5, 0.6) is 0 Å². The fraction of sp³-hybridized carbons (Fsp3) is 0.440. The van der Waals surface area contributed by atoms with Gasteiger partial charge in [0, 0.05) is 49.5 Å². The number of pyridine rings is 1. The zero-order valence-corrected chi connectivity index (χ0v) is 20.2. The maximum Gasteiger partial charge on any atom is 0.253 e. The molecule has 2 aliphatic heterocycles. The highest BCUT2D eigenvalue weighted by molar-refractivity contribution is 7.89. The van der Waals surface area contributed by atoms with Gasteiger partial charge >= 0.3 is 0 Å². The first-order chi connectivity index (χ1) is 16.5. The van der Waals surface area contributed by atoms with E-state index in [4.69, 9.17) is 4.74 Å². The summed E-state index contributed by atoms with van der Waals surface area (Å²) in [6.07, 6.45) is 6.12. The Morgan fingerprint density at radius 1 is 1.15 bits per heavy atom. The number of aromatic nitrogens is 2. The molecule has 5 rings (SSSR count). The standard InChI is InChI=1S/C25H30N4O4S/c1-2-18-5-6-20(16-23(18)34(31,32)29-12-14-33-15-13-29)25(30)28-10-7-19(8-11-28)22-17-27-24-21(22)4-3-9-26-24/h3-6,9,16-17,19H,2,7-8,10-15H2,1H3,(H,26,27). The molecule has 8 nitrogen and oxygen atoms in total. The molecule has 0 unspecified atom stereocenters. The van der Waals surface area contributed by atoms with Gasteiger partial charge in [-0.2, -0.15) is 4.31 Å². The number of nitrogens with one attached hydrogen (secondary N) is 1. The Bertz CT molecular complexity index is 1290. The van der Waals surface area contributed by atoms with Crippen molar-refractivity contribution in [2.24, 2.45) is 0 Å². The zero-order chi connectivity index (χ0) is 23.7. The molecule has 2 aromatic heterocycles. The maximum atomic E-state index is 13.3. The number of aromatic amines is 1. The second-order valence-corrected chi connectivity index (χ2v) is 10.8. The van der Waals surface area contributed by atoms with Crippen molar-refractivity contribution in [1.29, 1.82) is 0 Å². The van der Waals surface area contributed by atoms with Crippen molar-refractivity contribution in [3.8, 4) is 0 Å². The minimum absolute atomic E-state index is 0.111. The molecule has 4 heterocycles. The maximum absolute atomic E-state index is 13.3. The van der Waals surface area contributed by atoms with Crippen LogP contribution in [0.1, 0.15) is 47.2 Å².